The Morgan fingerprint density at radius 3 is 2.39 bits per heavy atom. The Morgan fingerprint density at radius 2 is 1.83 bits per heavy atom. The fourth-order valence-electron chi connectivity index (χ4n) is 1.23. The number of nitrogens with two attached hydrogens (primary N) is 1. The molecular weight excluding hydrogens is 260 g/mol. The van der Waals surface area contributed by atoms with Crippen molar-refractivity contribution < 1.29 is 22.7 Å². The van der Waals surface area contributed by atoms with Crippen molar-refractivity contribution in [1.29, 1.82) is 0 Å². The molecule has 0 heterocycles. The summed E-state index contributed by atoms with van der Waals surface area (Å²) in [6, 6.07) is 0. The van der Waals surface area contributed by atoms with Crippen molar-refractivity contribution in [2.24, 2.45) is 5.73 Å². The number of methoxy groups -OCH3 is 1. The zero-order valence-electron chi connectivity index (χ0n) is 10.5. The van der Waals surface area contributed by atoms with Crippen LogP contribution in [0, 0.1) is 0 Å². The lowest BCUT2D eigenvalue weighted by atomic mass is 10.2. The third-order valence-corrected chi connectivity index (χ3v) is 3.66. The Labute approximate surface area is 107 Å². The van der Waals surface area contributed by atoms with Crippen LogP contribution in [0.4, 0.5) is 0 Å². The van der Waals surface area contributed by atoms with Crippen molar-refractivity contribution in [1.82, 2.24) is 4.72 Å². The van der Waals surface area contributed by atoms with Crippen LogP contribution in [0.2, 0.25) is 0 Å². The summed E-state index contributed by atoms with van der Waals surface area (Å²) in [6.07, 6.45) is 1.67. The van der Waals surface area contributed by atoms with Gasteiger partial charge in [0.2, 0.25) is 15.9 Å². The first-order valence-corrected chi connectivity index (χ1v) is 7.35. The summed E-state index contributed by atoms with van der Waals surface area (Å²) in [7, 11) is -2.10. The maximum absolute atomic E-state index is 11.4. The number of primary amides is 1. The van der Waals surface area contributed by atoms with Gasteiger partial charge in [0, 0.05) is 19.4 Å². The molecule has 0 fully saturated rings. The summed E-state index contributed by atoms with van der Waals surface area (Å²) in [5.41, 5.74) is 4.95. The number of unbranched alkanes of at least 4 members (excludes halogenated alkanes) is 1. The second-order valence-electron chi connectivity index (χ2n) is 3.82. The average molecular weight is 280 g/mol. The van der Waals surface area contributed by atoms with Crippen molar-refractivity contribution in [2.45, 2.75) is 32.1 Å². The highest BCUT2D eigenvalue weighted by molar-refractivity contribution is 7.89. The van der Waals surface area contributed by atoms with E-state index in [1.54, 1.807) is 0 Å². The number of hydrogen-bond donors (Lipinski definition) is 2. The predicted molar refractivity (Wildman–Crippen MR) is 66.1 cm³/mol. The van der Waals surface area contributed by atoms with E-state index in [4.69, 9.17) is 5.73 Å². The number of carbonyl (C=O) groups is 2. The molecule has 106 valence electrons. The molecule has 3 N–H and O–H groups in total. The number of amides is 1. The smallest absolute Gasteiger partial charge is 0.305 e. The number of carbonyl (C=O) groups excluding carboxylic acids is 2. The molecule has 0 aromatic carbocycles. The van der Waals surface area contributed by atoms with Crippen LogP contribution < -0.4 is 10.5 Å². The number of sulfonamides is 1. The van der Waals surface area contributed by atoms with Crippen LogP contribution in [0.5, 0.6) is 0 Å². The van der Waals surface area contributed by atoms with Crippen molar-refractivity contribution in [3.63, 3.8) is 0 Å². The summed E-state index contributed by atoms with van der Waals surface area (Å²) >= 11 is 0. The molecule has 0 radical (unpaired) electrons. The topological polar surface area (TPSA) is 116 Å². The van der Waals surface area contributed by atoms with Gasteiger partial charge in [0.25, 0.3) is 0 Å². The van der Waals surface area contributed by atoms with E-state index in [9.17, 15) is 18.0 Å². The van der Waals surface area contributed by atoms with Gasteiger partial charge in [-0.1, -0.05) is 0 Å². The normalized spacial score (nSPS) is 11.2. The number of hydrogen-bond acceptors (Lipinski definition) is 5. The molecule has 0 rings (SSSR count). The second kappa shape index (κ2) is 8.87. The van der Waals surface area contributed by atoms with E-state index in [1.165, 1.54) is 7.11 Å². The fourth-order valence-corrected chi connectivity index (χ4v) is 2.36. The standard InChI is InChI=1S/C10H20N2O5S/c1-17-10(14)6-4-8-18(15,16)12-7-3-2-5-9(11)13/h12H,2-8H2,1H3,(H2,11,13). The molecule has 0 aliphatic carbocycles. The third-order valence-electron chi connectivity index (χ3n) is 2.19. The minimum absolute atomic E-state index is 0.0824. The van der Waals surface area contributed by atoms with E-state index >= 15 is 0 Å². The highest BCUT2D eigenvalue weighted by Crippen LogP contribution is 1.98. The minimum atomic E-state index is -3.36. The molecule has 0 saturated heterocycles. The van der Waals surface area contributed by atoms with Gasteiger partial charge >= 0.3 is 5.97 Å². The van der Waals surface area contributed by atoms with E-state index in [0.29, 0.717) is 12.8 Å². The van der Waals surface area contributed by atoms with Gasteiger partial charge in [-0.15, -0.1) is 0 Å². The van der Waals surface area contributed by atoms with Gasteiger partial charge in [-0.05, 0) is 19.3 Å². The minimum Gasteiger partial charge on any atom is -0.469 e. The molecule has 0 aromatic rings. The largest absolute Gasteiger partial charge is 0.469 e. The van der Waals surface area contributed by atoms with Gasteiger partial charge in [0.15, 0.2) is 0 Å². The number of ether oxygens (including phenoxy) is 1. The zero-order valence-corrected chi connectivity index (χ0v) is 11.3. The van der Waals surface area contributed by atoms with Crippen LogP contribution in [-0.2, 0) is 24.3 Å². The first-order chi connectivity index (χ1) is 8.37. The molecular formula is C10H20N2O5S. The molecule has 7 nitrogen and oxygen atoms in total. The molecule has 0 aliphatic rings. The lowest BCUT2D eigenvalue weighted by molar-refractivity contribution is -0.140. The van der Waals surface area contributed by atoms with Crippen molar-refractivity contribution in [3.8, 4) is 0 Å². The fraction of sp³-hybridized carbons (Fsp3) is 0.800. The third kappa shape index (κ3) is 10.0. The average Bonchev–Trinajstić information content (AvgIpc) is 2.27. The van der Waals surface area contributed by atoms with E-state index in [0.717, 1.165) is 0 Å². The molecule has 0 unspecified atom stereocenters. The Bertz CT molecular complexity index is 366. The van der Waals surface area contributed by atoms with Crippen LogP contribution in [0.15, 0.2) is 0 Å². The molecule has 0 atom stereocenters. The van der Waals surface area contributed by atoms with Crippen molar-refractivity contribution >= 4 is 21.9 Å². The number of rotatable bonds is 10. The second-order valence-corrected chi connectivity index (χ2v) is 5.74. The Balaban J connectivity index is 3.67. The van der Waals surface area contributed by atoms with Crippen LogP contribution in [0.1, 0.15) is 32.1 Å². The molecule has 1 amide bonds. The first-order valence-electron chi connectivity index (χ1n) is 5.70. The Hall–Kier alpha value is -1.15. The molecule has 0 aromatic heterocycles. The lowest BCUT2D eigenvalue weighted by Gasteiger charge is -2.05. The molecule has 0 spiro atoms. The summed E-state index contributed by atoms with van der Waals surface area (Å²) in [5, 5.41) is 0. The van der Waals surface area contributed by atoms with Crippen molar-refractivity contribution in [2.75, 3.05) is 19.4 Å². The van der Waals surface area contributed by atoms with E-state index < -0.39 is 21.9 Å². The quantitative estimate of drug-likeness (QED) is 0.414. The Kier molecular flexibility index (Phi) is 8.30. The van der Waals surface area contributed by atoms with Crippen LogP contribution in [0.25, 0.3) is 0 Å². The SMILES string of the molecule is COC(=O)CCCS(=O)(=O)NCCCCC(N)=O. The summed E-state index contributed by atoms with van der Waals surface area (Å²) in [6.45, 7) is 0.272. The highest BCUT2D eigenvalue weighted by atomic mass is 32.2. The van der Waals surface area contributed by atoms with Gasteiger partial charge in [0.1, 0.15) is 0 Å². The van der Waals surface area contributed by atoms with Gasteiger partial charge in [-0.25, -0.2) is 13.1 Å². The zero-order chi connectivity index (χ0) is 14.0. The van der Waals surface area contributed by atoms with Gasteiger partial charge in [-0.2, -0.15) is 0 Å². The maximum atomic E-state index is 11.4. The highest BCUT2D eigenvalue weighted by Gasteiger charge is 2.10. The maximum Gasteiger partial charge on any atom is 0.305 e. The molecule has 0 saturated carbocycles. The monoisotopic (exact) mass is 280 g/mol. The molecule has 8 heteroatoms. The summed E-state index contributed by atoms with van der Waals surface area (Å²) in [4.78, 5) is 21.2. The van der Waals surface area contributed by atoms with Crippen LogP contribution in [0.3, 0.4) is 0 Å². The van der Waals surface area contributed by atoms with E-state index in [-0.39, 0.29) is 31.6 Å². The van der Waals surface area contributed by atoms with Gasteiger partial charge < -0.3 is 10.5 Å². The van der Waals surface area contributed by atoms with E-state index in [1.807, 2.05) is 0 Å². The first kappa shape index (κ1) is 16.9. The van der Waals surface area contributed by atoms with Gasteiger partial charge in [-0.3, -0.25) is 9.59 Å². The molecule has 18 heavy (non-hydrogen) atoms. The summed E-state index contributed by atoms with van der Waals surface area (Å²) < 4.78 is 29.7. The van der Waals surface area contributed by atoms with E-state index in [2.05, 4.69) is 9.46 Å². The number of nitrogens with one attached hydrogen (secondary N) is 1. The van der Waals surface area contributed by atoms with Gasteiger partial charge in [0.05, 0.1) is 12.9 Å². The Morgan fingerprint density at radius 1 is 1.17 bits per heavy atom. The van der Waals surface area contributed by atoms with Crippen LogP contribution in [-0.4, -0.2) is 39.7 Å². The van der Waals surface area contributed by atoms with Crippen molar-refractivity contribution in [3.05, 3.63) is 0 Å². The summed E-state index contributed by atoms with van der Waals surface area (Å²) in [5.74, 6) is -0.930. The molecule has 0 bridgehead atoms. The molecule has 0 aliphatic heterocycles. The number of esters is 1. The lowest BCUT2D eigenvalue weighted by Crippen LogP contribution is -2.27. The van der Waals surface area contributed by atoms with Crippen LogP contribution >= 0.6 is 0 Å². The predicted octanol–water partition coefficient (Wildman–Crippen LogP) is -0.485.